The van der Waals surface area contributed by atoms with Crippen LogP contribution in [0.2, 0.25) is 5.02 Å². The second-order valence-corrected chi connectivity index (χ2v) is 3.64. The van der Waals surface area contributed by atoms with Gasteiger partial charge in [0.2, 0.25) is 0 Å². The summed E-state index contributed by atoms with van der Waals surface area (Å²) in [6.07, 6.45) is 3.79. The standard InChI is InChI=1S/C10H14ClN3O/c1-2-7(12)5-14-10(15)8-3-4-13-6-9(8)11/h3-4,6-7H,2,5,12H2,1H3,(H,14,15). The number of carbonyl (C=O) groups excluding carboxylic acids is 1. The van der Waals surface area contributed by atoms with E-state index in [1.165, 1.54) is 12.4 Å². The van der Waals surface area contributed by atoms with Crippen LogP contribution in [0.3, 0.4) is 0 Å². The van der Waals surface area contributed by atoms with Crippen LogP contribution in [0, 0.1) is 0 Å². The van der Waals surface area contributed by atoms with E-state index >= 15 is 0 Å². The van der Waals surface area contributed by atoms with Crippen molar-refractivity contribution in [2.24, 2.45) is 5.73 Å². The molecule has 4 nitrogen and oxygen atoms in total. The van der Waals surface area contributed by atoms with Gasteiger partial charge in [-0.1, -0.05) is 18.5 Å². The fourth-order valence-electron chi connectivity index (χ4n) is 1.02. The zero-order chi connectivity index (χ0) is 11.3. The molecule has 0 saturated heterocycles. The van der Waals surface area contributed by atoms with Crippen molar-refractivity contribution >= 4 is 17.5 Å². The van der Waals surface area contributed by atoms with Crippen molar-refractivity contribution in [3.8, 4) is 0 Å². The molecule has 1 amide bonds. The van der Waals surface area contributed by atoms with Crippen LogP contribution in [0.15, 0.2) is 18.5 Å². The summed E-state index contributed by atoms with van der Waals surface area (Å²) in [4.78, 5) is 15.4. The monoisotopic (exact) mass is 227 g/mol. The number of amides is 1. The van der Waals surface area contributed by atoms with Gasteiger partial charge in [0.1, 0.15) is 0 Å². The minimum atomic E-state index is -0.216. The van der Waals surface area contributed by atoms with Gasteiger partial charge in [-0.2, -0.15) is 0 Å². The summed E-state index contributed by atoms with van der Waals surface area (Å²) < 4.78 is 0. The zero-order valence-corrected chi connectivity index (χ0v) is 9.29. The third-order valence-electron chi connectivity index (χ3n) is 2.07. The Bertz CT molecular complexity index is 343. The van der Waals surface area contributed by atoms with Gasteiger partial charge < -0.3 is 11.1 Å². The van der Waals surface area contributed by atoms with Gasteiger partial charge >= 0.3 is 0 Å². The Hall–Kier alpha value is -1.13. The molecule has 0 aliphatic heterocycles. The van der Waals surface area contributed by atoms with Gasteiger partial charge in [0.25, 0.3) is 5.91 Å². The number of nitrogens with zero attached hydrogens (tertiary/aromatic N) is 1. The second kappa shape index (κ2) is 5.68. The molecule has 0 aromatic carbocycles. The highest BCUT2D eigenvalue weighted by molar-refractivity contribution is 6.33. The molecule has 1 aromatic heterocycles. The number of nitrogens with two attached hydrogens (primary N) is 1. The minimum Gasteiger partial charge on any atom is -0.350 e. The Morgan fingerprint density at radius 2 is 2.47 bits per heavy atom. The smallest absolute Gasteiger partial charge is 0.252 e. The lowest BCUT2D eigenvalue weighted by Crippen LogP contribution is -2.36. The molecule has 0 saturated carbocycles. The molecule has 1 unspecified atom stereocenters. The maximum Gasteiger partial charge on any atom is 0.252 e. The summed E-state index contributed by atoms with van der Waals surface area (Å²) in [6, 6.07) is 1.56. The van der Waals surface area contributed by atoms with Crippen molar-refractivity contribution < 1.29 is 4.79 Å². The van der Waals surface area contributed by atoms with Gasteiger partial charge in [-0.15, -0.1) is 0 Å². The molecule has 0 spiro atoms. The third-order valence-corrected chi connectivity index (χ3v) is 2.37. The minimum absolute atomic E-state index is 0.0189. The average molecular weight is 228 g/mol. The Labute approximate surface area is 93.8 Å². The lowest BCUT2D eigenvalue weighted by Gasteiger charge is -2.10. The fourth-order valence-corrected chi connectivity index (χ4v) is 1.23. The number of carbonyl (C=O) groups is 1. The quantitative estimate of drug-likeness (QED) is 0.812. The summed E-state index contributed by atoms with van der Waals surface area (Å²) >= 11 is 5.81. The molecule has 3 N–H and O–H groups in total. The predicted molar refractivity (Wildman–Crippen MR) is 59.8 cm³/mol. The first-order valence-corrected chi connectivity index (χ1v) is 5.16. The largest absolute Gasteiger partial charge is 0.350 e. The molecule has 1 heterocycles. The molecule has 0 radical (unpaired) electrons. The number of hydrogen-bond donors (Lipinski definition) is 2. The SMILES string of the molecule is CCC(N)CNC(=O)c1ccncc1Cl. The Balaban J connectivity index is 2.58. The summed E-state index contributed by atoms with van der Waals surface area (Å²) in [5.41, 5.74) is 6.10. The molecule has 1 atom stereocenters. The number of aromatic nitrogens is 1. The van der Waals surface area contributed by atoms with E-state index < -0.39 is 0 Å². The molecular formula is C10H14ClN3O. The van der Waals surface area contributed by atoms with E-state index in [4.69, 9.17) is 17.3 Å². The molecule has 15 heavy (non-hydrogen) atoms. The highest BCUT2D eigenvalue weighted by Crippen LogP contribution is 2.12. The van der Waals surface area contributed by atoms with E-state index in [2.05, 4.69) is 10.3 Å². The topological polar surface area (TPSA) is 68.0 Å². The maximum atomic E-state index is 11.6. The molecule has 0 fully saturated rings. The normalized spacial score (nSPS) is 12.2. The van der Waals surface area contributed by atoms with E-state index in [0.717, 1.165) is 6.42 Å². The molecule has 0 aliphatic carbocycles. The molecule has 0 aliphatic rings. The van der Waals surface area contributed by atoms with Crippen LogP contribution in [0.25, 0.3) is 0 Å². The van der Waals surface area contributed by atoms with E-state index in [9.17, 15) is 4.79 Å². The lowest BCUT2D eigenvalue weighted by atomic mass is 10.2. The lowest BCUT2D eigenvalue weighted by molar-refractivity contribution is 0.0951. The molecule has 82 valence electrons. The predicted octanol–water partition coefficient (Wildman–Crippen LogP) is 1.20. The summed E-state index contributed by atoms with van der Waals surface area (Å²) in [6.45, 7) is 2.42. The van der Waals surface area contributed by atoms with E-state index in [1.807, 2.05) is 6.92 Å². The van der Waals surface area contributed by atoms with Crippen molar-refractivity contribution in [2.75, 3.05) is 6.54 Å². The van der Waals surface area contributed by atoms with E-state index in [0.29, 0.717) is 17.1 Å². The first-order valence-electron chi connectivity index (χ1n) is 4.78. The Morgan fingerprint density at radius 3 is 3.07 bits per heavy atom. The highest BCUT2D eigenvalue weighted by atomic mass is 35.5. The third kappa shape index (κ3) is 3.49. The summed E-state index contributed by atoms with van der Waals surface area (Å²) in [5, 5.41) is 3.06. The average Bonchev–Trinajstić information content (AvgIpc) is 2.26. The number of nitrogens with one attached hydrogen (secondary N) is 1. The van der Waals surface area contributed by atoms with Crippen molar-refractivity contribution in [2.45, 2.75) is 19.4 Å². The molecule has 1 aromatic rings. The van der Waals surface area contributed by atoms with Gasteiger partial charge in [-0.3, -0.25) is 9.78 Å². The van der Waals surface area contributed by atoms with Crippen LogP contribution in [-0.2, 0) is 0 Å². The number of pyridine rings is 1. The molecule has 1 rings (SSSR count). The number of rotatable bonds is 4. The van der Waals surface area contributed by atoms with Gasteiger partial charge in [0.05, 0.1) is 10.6 Å². The van der Waals surface area contributed by atoms with Crippen LogP contribution < -0.4 is 11.1 Å². The fraction of sp³-hybridized carbons (Fsp3) is 0.400. The first-order chi connectivity index (χ1) is 7.15. The maximum absolute atomic E-state index is 11.6. The van der Waals surface area contributed by atoms with Crippen LogP contribution in [-0.4, -0.2) is 23.5 Å². The van der Waals surface area contributed by atoms with Gasteiger partial charge in [0.15, 0.2) is 0 Å². The Morgan fingerprint density at radius 1 is 1.73 bits per heavy atom. The van der Waals surface area contributed by atoms with Crippen LogP contribution in [0.4, 0.5) is 0 Å². The zero-order valence-electron chi connectivity index (χ0n) is 8.53. The van der Waals surface area contributed by atoms with E-state index in [1.54, 1.807) is 6.07 Å². The van der Waals surface area contributed by atoms with Gasteiger partial charge in [-0.05, 0) is 12.5 Å². The van der Waals surface area contributed by atoms with Crippen molar-refractivity contribution in [3.63, 3.8) is 0 Å². The van der Waals surface area contributed by atoms with Crippen LogP contribution >= 0.6 is 11.6 Å². The van der Waals surface area contributed by atoms with Crippen LogP contribution in [0.1, 0.15) is 23.7 Å². The van der Waals surface area contributed by atoms with Crippen molar-refractivity contribution in [1.82, 2.24) is 10.3 Å². The second-order valence-electron chi connectivity index (χ2n) is 3.23. The van der Waals surface area contributed by atoms with E-state index in [-0.39, 0.29) is 11.9 Å². The van der Waals surface area contributed by atoms with Crippen molar-refractivity contribution in [1.29, 1.82) is 0 Å². The molecular weight excluding hydrogens is 214 g/mol. The Kier molecular flexibility index (Phi) is 4.52. The van der Waals surface area contributed by atoms with Gasteiger partial charge in [0, 0.05) is 25.0 Å². The summed E-state index contributed by atoms with van der Waals surface area (Å²) in [5.74, 6) is -0.216. The van der Waals surface area contributed by atoms with Crippen molar-refractivity contribution in [3.05, 3.63) is 29.0 Å². The number of hydrogen-bond acceptors (Lipinski definition) is 3. The van der Waals surface area contributed by atoms with Gasteiger partial charge in [-0.25, -0.2) is 0 Å². The molecule has 0 bridgehead atoms. The van der Waals surface area contributed by atoms with Crippen LogP contribution in [0.5, 0.6) is 0 Å². The summed E-state index contributed by atoms with van der Waals surface area (Å²) in [7, 11) is 0. The molecule has 5 heteroatoms. The highest BCUT2D eigenvalue weighted by Gasteiger charge is 2.10. The first kappa shape index (κ1) is 11.9. The number of halogens is 1.